The summed E-state index contributed by atoms with van der Waals surface area (Å²) < 4.78 is 19.0. The van der Waals surface area contributed by atoms with E-state index in [1.807, 2.05) is 0 Å². The van der Waals surface area contributed by atoms with Gasteiger partial charge in [0.25, 0.3) is 6.47 Å². The van der Waals surface area contributed by atoms with Crippen molar-refractivity contribution in [2.75, 3.05) is 23.0 Å². The Labute approximate surface area is 170 Å². The lowest BCUT2D eigenvalue weighted by molar-refractivity contribution is -0.120. The predicted molar refractivity (Wildman–Crippen MR) is 109 cm³/mol. The maximum absolute atomic E-state index is 14.2. The lowest BCUT2D eigenvalue weighted by atomic mass is 10.2. The summed E-state index contributed by atoms with van der Waals surface area (Å²) in [5.41, 5.74) is 2.15. The molecule has 0 spiro atoms. The first-order valence-electron chi connectivity index (χ1n) is 8.39. The minimum Gasteiger partial charge on any atom is -0.506 e. The minimum absolute atomic E-state index is 0.0370. The van der Waals surface area contributed by atoms with Crippen LogP contribution in [0.15, 0.2) is 36.5 Å². The molecular formula is C19H17ClFN5O3. The minimum atomic E-state index is -0.664. The first kappa shape index (κ1) is 20.2. The Hall–Kier alpha value is -3.59. The average Bonchev–Trinajstić information content (AvgIpc) is 2.70. The van der Waals surface area contributed by atoms with Crippen LogP contribution in [0.3, 0.4) is 0 Å². The average molecular weight is 418 g/mol. The van der Waals surface area contributed by atoms with Gasteiger partial charge in [-0.3, -0.25) is 4.79 Å². The highest BCUT2D eigenvalue weighted by Crippen LogP contribution is 2.32. The second kappa shape index (κ2) is 8.61. The fraction of sp³-hybridized carbons (Fsp3) is 0.105. The van der Waals surface area contributed by atoms with Crippen molar-refractivity contribution >= 4 is 46.9 Å². The smallest absolute Gasteiger partial charge is 0.298 e. The van der Waals surface area contributed by atoms with Gasteiger partial charge in [-0.15, -0.1) is 0 Å². The van der Waals surface area contributed by atoms with E-state index in [0.29, 0.717) is 34.8 Å². The number of hydrogen-bond acceptors (Lipinski definition) is 8. The van der Waals surface area contributed by atoms with Gasteiger partial charge in [-0.25, -0.2) is 9.37 Å². The molecule has 4 N–H and O–H groups in total. The number of benzene rings is 2. The molecule has 8 nitrogen and oxygen atoms in total. The summed E-state index contributed by atoms with van der Waals surface area (Å²) in [7, 11) is 1.68. The Balaban J connectivity index is 1.85. The largest absolute Gasteiger partial charge is 0.506 e. The Morgan fingerprint density at radius 1 is 1.21 bits per heavy atom. The van der Waals surface area contributed by atoms with E-state index in [1.165, 1.54) is 6.07 Å². The van der Waals surface area contributed by atoms with Crippen LogP contribution in [-0.4, -0.2) is 28.6 Å². The second-order valence-corrected chi connectivity index (χ2v) is 6.35. The molecule has 3 aromatic rings. The molecule has 150 valence electrons. The number of phenols is 1. The second-order valence-electron chi connectivity index (χ2n) is 5.94. The van der Waals surface area contributed by atoms with E-state index < -0.39 is 5.82 Å². The summed E-state index contributed by atoms with van der Waals surface area (Å²) in [5, 5.41) is 18.6. The van der Waals surface area contributed by atoms with Crippen LogP contribution in [0.25, 0.3) is 0 Å². The van der Waals surface area contributed by atoms with E-state index in [9.17, 15) is 14.3 Å². The summed E-state index contributed by atoms with van der Waals surface area (Å²) in [6.45, 7) is 2.01. The van der Waals surface area contributed by atoms with Crippen LogP contribution in [0.5, 0.6) is 11.5 Å². The Bertz CT molecular complexity index is 1040. The normalized spacial score (nSPS) is 10.3. The summed E-state index contributed by atoms with van der Waals surface area (Å²) in [6, 6.07) is 8.00. The van der Waals surface area contributed by atoms with E-state index in [1.54, 1.807) is 38.2 Å². The number of ether oxygens (including phenoxy) is 1. The van der Waals surface area contributed by atoms with Crippen molar-refractivity contribution in [3.63, 3.8) is 0 Å². The van der Waals surface area contributed by atoms with Gasteiger partial charge in [0.2, 0.25) is 5.95 Å². The summed E-state index contributed by atoms with van der Waals surface area (Å²) >= 11 is 5.96. The number of nitrogens with one attached hydrogen (secondary N) is 3. The molecule has 3 rings (SSSR count). The van der Waals surface area contributed by atoms with E-state index >= 15 is 0 Å². The number of aromatic hydroxyl groups is 1. The van der Waals surface area contributed by atoms with Crippen LogP contribution in [-0.2, 0) is 4.79 Å². The van der Waals surface area contributed by atoms with Crippen molar-refractivity contribution in [2.45, 2.75) is 6.92 Å². The number of phenolic OH excluding ortho intramolecular Hbond substituents is 1. The van der Waals surface area contributed by atoms with E-state index in [0.717, 1.165) is 6.20 Å². The maximum Gasteiger partial charge on any atom is 0.298 e. The molecule has 0 aliphatic heterocycles. The van der Waals surface area contributed by atoms with Crippen molar-refractivity contribution in [3.05, 3.63) is 52.9 Å². The van der Waals surface area contributed by atoms with Crippen LogP contribution in [0.1, 0.15) is 5.56 Å². The Morgan fingerprint density at radius 3 is 2.69 bits per heavy atom. The van der Waals surface area contributed by atoms with Gasteiger partial charge in [-0.05, 0) is 42.8 Å². The third-order valence-corrected chi connectivity index (χ3v) is 4.23. The molecule has 0 saturated carbocycles. The Morgan fingerprint density at radius 2 is 2.00 bits per heavy atom. The number of nitrogens with zero attached hydrogens (tertiary/aromatic N) is 2. The molecule has 10 heteroatoms. The van der Waals surface area contributed by atoms with Crippen LogP contribution >= 0.6 is 11.6 Å². The molecule has 0 saturated heterocycles. The zero-order valence-corrected chi connectivity index (χ0v) is 16.2. The number of carbonyl (C=O) groups excluding carboxylic acids is 1. The zero-order chi connectivity index (χ0) is 21.0. The molecule has 0 bridgehead atoms. The molecule has 0 radical (unpaired) electrons. The van der Waals surface area contributed by atoms with Gasteiger partial charge >= 0.3 is 0 Å². The van der Waals surface area contributed by atoms with Gasteiger partial charge in [-0.1, -0.05) is 11.6 Å². The van der Waals surface area contributed by atoms with E-state index in [4.69, 9.17) is 16.3 Å². The van der Waals surface area contributed by atoms with E-state index in [2.05, 4.69) is 25.9 Å². The molecule has 0 fully saturated rings. The number of anilines is 5. The van der Waals surface area contributed by atoms with Crippen molar-refractivity contribution in [1.29, 1.82) is 0 Å². The number of carbonyl (C=O) groups is 1. The standard InChI is InChI=1S/C19H17ClFN5O3/c1-10-5-12(6-13(20)17(10)28)24-18-14(21)8-23-19(26-18)25-11-3-4-16(29-9-27)15(7-11)22-2/h3-9,22,28H,1-2H3,(H2,23,24,25,26). The van der Waals surface area contributed by atoms with Crippen LogP contribution in [0.2, 0.25) is 5.02 Å². The monoisotopic (exact) mass is 417 g/mol. The van der Waals surface area contributed by atoms with Gasteiger partial charge in [0.1, 0.15) is 5.75 Å². The summed E-state index contributed by atoms with van der Waals surface area (Å²) in [4.78, 5) is 18.6. The van der Waals surface area contributed by atoms with Crippen molar-refractivity contribution in [2.24, 2.45) is 0 Å². The highest BCUT2D eigenvalue weighted by Gasteiger charge is 2.11. The fourth-order valence-corrected chi connectivity index (χ4v) is 2.81. The molecule has 1 heterocycles. The maximum atomic E-state index is 14.2. The summed E-state index contributed by atoms with van der Waals surface area (Å²) in [5.74, 6) is -0.275. The Kier molecular flexibility index (Phi) is 5.99. The van der Waals surface area contributed by atoms with E-state index in [-0.39, 0.29) is 22.5 Å². The van der Waals surface area contributed by atoms with Crippen LogP contribution < -0.4 is 20.7 Å². The molecule has 0 aliphatic rings. The van der Waals surface area contributed by atoms with Crippen LogP contribution in [0, 0.1) is 12.7 Å². The highest BCUT2D eigenvalue weighted by molar-refractivity contribution is 6.32. The highest BCUT2D eigenvalue weighted by atomic mass is 35.5. The van der Waals surface area contributed by atoms with Crippen molar-refractivity contribution < 1.29 is 19.0 Å². The fourth-order valence-electron chi connectivity index (χ4n) is 2.55. The van der Waals surface area contributed by atoms with Crippen molar-refractivity contribution in [1.82, 2.24) is 9.97 Å². The number of hydrogen-bond donors (Lipinski definition) is 4. The first-order chi connectivity index (χ1) is 13.9. The third-order valence-electron chi connectivity index (χ3n) is 3.94. The molecule has 2 aromatic carbocycles. The van der Waals surface area contributed by atoms with Gasteiger partial charge in [0.05, 0.1) is 16.9 Å². The van der Waals surface area contributed by atoms with Gasteiger partial charge in [-0.2, -0.15) is 4.98 Å². The van der Waals surface area contributed by atoms with Gasteiger partial charge in [0, 0.05) is 18.4 Å². The number of aryl methyl sites for hydroxylation is 1. The molecule has 0 amide bonds. The lowest BCUT2D eigenvalue weighted by Gasteiger charge is -2.12. The lowest BCUT2D eigenvalue weighted by Crippen LogP contribution is -2.04. The number of rotatable bonds is 7. The molecule has 1 aromatic heterocycles. The summed E-state index contributed by atoms with van der Waals surface area (Å²) in [6.07, 6.45) is 1.02. The number of aromatic nitrogens is 2. The molecule has 0 aliphatic carbocycles. The van der Waals surface area contributed by atoms with Crippen molar-refractivity contribution in [3.8, 4) is 11.5 Å². The SMILES string of the molecule is CNc1cc(Nc2ncc(F)c(Nc3cc(C)c(O)c(Cl)c3)n2)ccc1OC=O. The molecular weight excluding hydrogens is 401 g/mol. The third kappa shape index (κ3) is 4.64. The molecule has 0 unspecified atom stereocenters. The molecule has 0 atom stereocenters. The first-order valence-corrected chi connectivity index (χ1v) is 8.77. The molecule has 29 heavy (non-hydrogen) atoms. The number of halogens is 2. The van der Waals surface area contributed by atoms with Gasteiger partial charge in [0.15, 0.2) is 17.4 Å². The zero-order valence-electron chi connectivity index (χ0n) is 15.5. The van der Waals surface area contributed by atoms with Gasteiger partial charge < -0.3 is 25.8 Å². The quantitative estimate of drug-likeness (QED) is 0.332. The van der Waals surface area contributed by atoms with Crippen LogP contribution in [0.4, 0.5) is 33.2 Å². The predicted octanol–water partition coefficient (Wildman–Crippen LogP) is 4.35. The topological polar surface area (TPSA) is 108 Å².